The summed E-state index contributed by atoms with van der Waals surface area (Å²) >= 11 is 0. The number of benzene rings is 2. The van der Waals surface area contributed by atoms with Crippen molar-refractivity contribution in [1.82, 2.24) is 0 Å². The van der Waals surface area contributed by atoms with Crippen molar-refractivity contribution >= 4 is 0 Å². The number of aryl methyl sites for hydroxylation is 3. The van der Waals surface area contributed by atoms with Crippen molar-refractivity contribution in [1.29, 1.82) is 0 Å². The average Bonchev–Trinajstić information content (AvgIpc) is 2.36. The lowest BCUT2D eigenvalue weighted by atomic mass is 9.95. The van der Waals surface area contributed by atoms with E-state index in [9.17, 15) is 0 Å². The molecule has 0 aliphatic carbocycles. The Morgan fingerprint density at radius 1 is 0.895 bits per heavy atom. The number of hydrogen-bond donors (Lipinski definition) is 1. The van der Waals surface area contributed by atoms with Gasteiger partial charge in [0, 0.05) is 5.56 Å². The minimum absolute atomic E-state index is 0.158. The lowest BCUT2D eigenvalue weighted by Crippen LogP contribution is -2.13. The van der Waals surface area contributed by atoms with E-state index in [1.807, 2.05) is 6.07 Å². The van der Waals surface area contributed by atoms with Gasteiger partial charge in [0.2, 0.25) is 0 Å². The third kappa shape index (κ3) is 2.96. The van der Waals surface area contributed by atoms with Crippen molar-refractivity contribution in [2.75, 3.05) is 7.11 Å². The molecule has 0 spiro atoms. The maximum atomic E-state index is 6.40. The summed E-state index contributed by atoms with van der Waals surface area (Å²) in [5.41, 5.74) is 12.2. The van der Waals surface area contributed by atoms with E-state index in [1.165, 1.54) is 16.7 Å². The Labute approximate surface area is 115 Å². The van der Waals surface area contributed by atoms with Gasteiger partial charge in [-0.05, 0) is 38.0 Å². The summed E-state index contributed by atoms with van der Waals surface area (Å²) < 4.78 is 5.45. The number of rotatable bonds is 3. The SMILES string of the molecule is COc1cc(C)ccc1C(N)c1cc(C)cc(C)c1. The Balaban J connectivity index is 2.46. The molecule has 2 heteroatoms. The fourth-order valence-electron chi connectivity index (χ4n) is 2.44. The Kier molecular flexibility index (Phi) is 3.91. The second-order valence-corrected chi connectivity index (χ2v) is 5.14. The van der Waals surface area contributed by atoms with Gasteiger partial charge in [-0.1, -0.05) is 41.5 Å². The fourth-order valence-corrected chi connectivity index (χ4v) is 2.44. The molecular formula is C17H21NO. The van der Waals surface area contributed by atoms with Gasteiger partial charge in [0.15, 0.2) is 0 Å². The Morgan fingerprint density at radius 2 is 1.53 bits per heavy atom. The maximum absolute atomic E-state index is 6.40. The van der Waals surface area contributed by atoms with Gasteiger partial charge >= 0.3 is 0 Å². The molecule has 100 valence electrons. The molecule has 0 saturated carbocycles. The summed E-state index contributed by atoms with van der Waals surface area (Å²) in [7, 11) is 1.69. The van der Waals surface area contributed by atoms with Gasteiger partial charge in [0.05, 0.1) is 13.2 Å². The largest absolute Gasteiger partial charge is 0.496 e. The zero-order valence-corrected chi connectivity index (χ0v) is 12.0. The van der Waals surface area contributed by atoms with Gasteiger partial charge in [-0.3, -0.25) is 0 Å². The first-order chi connectivity index (χ1) is 9.01. The lowest BCUT2D eigenvalue weighted by Gasteiger charge is -2.17. The second kappa shape index (κ2) is 5.45. The van der Waals surface area contributed by atoms with Crippen LogP contribution in [0.5, 0.6) is 5.75 Å². The quantitative estimate of drug-likeness (QED) is 0.908. The molecule has 0 saturated heterocycles. The zero-order valence-electron chi connectivity index (χ0n) is 12.0. The van der Waals surface area contributed by atoms with Crippen molar-refractivity contribution in [3.8, 4) is 5.75 Å². The van der Waals surface area contributed by atoms with Gasteiger partial charge in [0.25, 0.3) is 0 Å². The van der Waals surface area contributed by atoms with Crippen LogP contribution in [0.1, 0.15) is 33.9 Å². The number of ether oxygens (including phenoxy) is 1. The molecule has 0 radical (unpaired) electrons. The topological polar surface area (TPSA) is 35.2 Å². The van der Waals surface area contributed by atoms with Crippen LogP contribution in [0.3, 0.4) is 0 Å². The van der Waals surface area contributed by atoms with E-state index in [0.29, 0.717) is 0 Å². The first-order valence-electron chi connectivity index (χ1n) is 6.49. The van der Waals surface area contributed by atoms with Crippen molar-refractivity contribution in [2.45, 2.75) is 26.8 Å². The molecule has 2 nitrogen and oxygen atoms in total. The molecule has 0 aliphatic rings. The molecule has 2 N–H and O–H groups in total. The monoisotopic (exact) mass is 255 g/mol. The van der Waals surface area contributed by atoms with Crippen LogP contribution in [-0.2, 0) is 0 Å². The smallest absolute Gasteiger partial charge is 0.124 e. The Morgan fingerprint density at radius 3 is 2.11 bits per heavy atom. The minimum Gasteiger partial charge on any atom is -0.496 e. The summed E-state index contributed by atoms with van der Waals surface area (Å²) in [5.74, 6) is 0.853. The highest BCUT2D eigenvalue weighted by molar-refractivity contribution is 5.44. The molecule has 0 bridgehead atoms. The van der Waals surface area contributed by atoms with Gasteiger partial charge in [-0.15, -0.1) is 0 Å². The van der Waals surface area contributed by atoms with Crippen LogP contribution in [0.4, 0.5) is 0 Å². The highest BCUT2D eigenvalue weighted by atomic mass is 16.5. The molecule has 0 aromatic heterocycles. The van der Waals surface area contributed by atoms with Crippen LogP contribution < -0.4 is 10.5 Å². The standard InChI is InChI=1S/C17H21NO/c1-11-5-6-15(16(10-11)19-4)17(18)14-8-12(2)7-13(3)9-14/h5-10,17H,18H2,1-4H3. The molecule has 0 heterocycles. The normalized spacial score (nSPS) is 12.3. The summed E-state index contributed by atoms with van der Waals surface area (Å²) in [6.07, 6.45) is 0. The molecular weight excluding hydrogens is 234 g/mol. The van der Waals surface area contributed by atoms with Crippen LogP contribution in [0.2, 0.25) is 0 Å². The van der Waals surface area contributed by atoms with E-state index in [4.69, 9.17) is 10.5 Å². The van der Waals surface area contributed by atoms with E-state index >= 15 is 0 Å². The summed E-state index contributed by atoms with van der Waals surface area (Å²) in [6.45, 7) is 6.24. The van der Waals surface area contributed by atoms with Crippen molar-refractivity contribution in [2.24, 2.45) is 5.73 Å². The molecule has 1 atom stereocenters. The first-order valence-corrected chi connectivity index (χ1v) is 6.49. The Hall–Kier alpha value is -1.80. The third-order valence-electron chi connectivity index (χ3n) is 3.33. The van der Waals surface area contributed by atoms with Crippen molar-refractivity contribution in [3.63, 3.8) is 0 Å². The van der Waals surface area contributed by atoms with Crippen LogP contribution >= 0.6 is 0 Å². The first kappa shape index (κ1) is 13.6. The predicted molar refractivity (Wildman–Crippen MR) is 79.7 cm³/mol. The molecule has 0 amide bonds. The highest BCUT2D eigenvalue weighted by Gasteiger charge is 2.14. The predicted octanol–water partition coefficient (Wildman–Crippen LogP) is 3.67. The van der Waals surface area contributed by atoms with Crippen LogP contribution in [0.25, 0.3) is 0 Å². The fraction of sp³-hybridized carbons (Fsp3) is 0.294. The molecule has 2 aromatic carbocycles. The van der Waals surface area contributed by atoms with Gasteiger partial charge in [-0.25, -0.2) is 0 Å². The number of hydrogen-bond acceptors (Lipinski definition) is 2. The van der Waals surface area contributed by atoms with Crippen LogP contribution in [-0.4, -0.2) is 7.11 Å². The zero-order chi connectivity index (χ0) is 14.0. The van der Waals surface area contributed by atoms with E-state index in [1.54, 1.807) is 7.11 Å². The molecule has 0 fully saturated rings. The summed E-state index contributed by atoms with van der Waals surface area (Å²) in [5, 5.41) is 0. The van der Waals surface area contributed by atoms with Gasteiger partial charge in [0.1, 0.15) is 5.75 Å². The number of methoxy groups -OCH3 is 1. The third-order valence-corrected chi connectivity index (χ3v) is 3.33. The second-order valence-electron chi connectivity index (χ2n) is 5.14. The summed E-state index contributed by atoms with van der Waals surface area (Å²) in [4.78, 5) is 0. The average molecular weight is 255 g/mol. The van der Waals surface area contributed by atoms with E-state index in [0.717, 1.165) is 16.9 Å². The molecule has 19 heavy (non-hydrogen) atoms. The van der Waals surface area contributed by atoms with Gasteiger partial charge in [-0.2, -0.15) is 0 Å². The van der Waals surface area contributed by atoms with E-state index < -0.39 is 0 Å². The van der Waals surface area contributed by atoms with E-state index in [-0.39, 0.29) is 6.04 Å². The highest BCUT2D eigenvalue weighted by Crippen LogP contribution is 2.30. The van der Waals surface area contributed by atoms with Crippen LogP contribution in [0, 0.1) is 20.8 Å². The number of nitrogens with two attached hydrogens (primary N) is 1. The van der Waals surface area contributed by atoms with E-state index in [2.05, 4.69) is 51.1 Å². The minimum atomic E-state index is -0.158. The van der Waals surface area contributed by atoms with Crippen molar-refractivity contribution < 1.29 is 4.74 Å². The molecule has 2 rings (SSSR count). The molecule has 0 aliphatic heterocycles. The van der Waals surface area contributed by atoms with Gasteiger partial charge < -0.3 is 10.5 Å². The lowest BCUT2D eigenvalue weighted by molar-refractivity contribution is 0.407. The Bertz CT molecular complexity index is 570. The molecule has 1 unspecified atom stereocenters. The van der Waals surface area contributed by atoms with Crippen molar-refractivity contribution in [3.05, 3.63) is 64.2 Å². The van der Waals surface area contributed by atoms with Crippen LogP contribution in [0.15, 0.2) is 36.4 Å². The molecule has 2 aromatic rings. The maximum Gasteiger partial charge on any atom is 0.124 e. The summed E-state index contributed by atoms with van der Waals surface area (Å²) in [6, 6.07) is 12.4.